The third kappa shape index (κ3) is 16.8. The van der Waals surface area contributed by atoms with Crippen molar-refractivity contribution in [3.8, 4) is 0 Å². The molecule has 0 aromatic carbocycles. The van der Waals surface area contributed by atoms with Crippen molar-refractivity contribution in [2.75, 3.05) is 6.61 Å². The number of ether oxygens (including phenoxy) is 1. The number of carbonyl (C=O) groups is 3. The average Bonchev–Trinajstić information content (AvgIpc) is 2.51. The molecule has 3 N–H and O–H groups in total. The molecular weight excluding hydrogens is 385 g/mol. The van der Waals surface area contributed by atoms with Crippen LogP contribution in [0.2, 0.25) is 0 Å². The van der Waals surface area contributed by atoms with E-state index in [2.05, 4.69) is 6.92 Å². The van der Waals surface area contributed by atoms with Gasteiger partial charge in [-0.3, -0.25) is 0 Å². The van der Waals surface area contributed by atoms with E-state index in [-0.39, 0.29) is 95.1 Å². The molecule has 0 rings (SSSR count). The van der Waals surface area contributed by atoms with Gasteiger partial charge in [-0.05, 0) is 12.8 Å². The van der Waals surface area contributed by atoms with Crippen molar-refractivity contribution in [3.05, 3.63) is 0 Å². The van der Waals surface area contributed by atoms with Crippen molar-refractivity contribution in [3.63, 3.8) is 0 Å². The molecule has 7 nitrogen and oxygen atoms in total. The van der Waals surface area contributed by atoms with Gasteiger partial charge in [0.1, 0.15) is 6.61 Å². The van der Waals surface area contributed by atoms with Crippen molar-refractivity contribution in [2.24, 2.45) is 0 Å². The minimum atomic E-state index is -2.47. The van der Waals surface area contributed by atoms with Gasteiger partial charge in [0.15, 0.2) is 0 Å². The molecule has 0 saturated heterocycles. The van der Waals surface area contributed by atoms with E-state index >= 15 is 0 Å². The zero-order chi connectivity index (χ0) is 18.4. The van der Waals surface area contributed by atoms with Crippen LogP contribution in [0.5, 0.6) is 0 Å². The second-order valence-electron chi connectivity index (χ2n) is 6.05. The van der Waals surface area contributed by atoms with Gasteiger partial charge in [-0.1, -0.05) is 64.7 Å². The monoisotopic (exact) mass is 418 g/mol. The fourth-order valence-corrected chi connectivity index (χ4v) is 2.55. The summed E-state index contributed by atoms with van der Waals surface area (Å²) in [6.07, 6.45) is 10.1. The molecule has 0 spiro atoms. The number of aliphatic carboxylic acids is 3. The first kappa shape index (κ1) is 35.8. The summed E-state index contributed by atoms with van der Waals surface area (Å²) in [6.45, 7) is 1.23. The summed E-state index contributed by atoms with van der Waals surface area (Å²) in [6, 6.07) is 0. The van der Waals surface area contributed by atoms with Crippen LogP contribution >= 0.6 is 0 Å². The van der Waals surface area contributed by atoms with E-state index < -0.39 is 30.1 Å². The maximum absolute atomic E-state index is 11.3. The Morgan fingerprint density at radius 2 is 1.07 bits per heavy atom. The predicted octanol–water partition coefficient (Wildman–Crippen LogP) is 1.36. The third-order valence-electron chi connectivity index (χ3n) is 4.02. The van der Waals surface area contributed by atoms with Gasteiger partial charge in [-0.15, -0.1) is 0 Å². The Hall–Kier alpha value is 1.37. The Kier molecular flexibility index (Phi) is 29.2. The average molecular weight is 418 g/mol. The Bertz CT molecular complexity index is 392. The van der Waals surface area contributed by atoms with E-state index in [9.17, 15) is 14.4 Å². The number of rotatable bonds is 16. The topological polar surface area (TPSA) is 121 Å². The van der Waals surface area contributed by atoms with Gasteiger partial charge >= 0.3 is 107 Å². The summed E-state index contributed by atoms with van der Waals surface area (Å²) in [5, 5.41) is 26.9. The SMILES string of the molecule is CCCCCCCCCCCCC(OCC(=O)O)(C(=O)O)C(=O)O.[NaH].[NaH].[NaH]. The molecule has 0 aliphatic rings. The van der Waals surface area contributed by atoms with Crippen molar-refractivity contribution in [1.29, 1.82) is 0 Å². The first-order valence-corrected chi connectivity index (χ1v) is 8.69. The first-order valence-electron chi connectivity index (χ1n) is 8.69. The molecule has 0 aromatic rings. The van der Waals surface area contributed by atoms with Crippen LogP contribution in [-0.2, 0) is 19.1 Å². The number of unbranched alkanes of at least 4 members (excludes halogenated alkanes) is 9. The summed E-state index contributed by atoms with van der Waals surface area (Å²) in [4.78, 5) is 33.1. The fraction of sp³-hybridized carbons (Fsp3) is 0.824. The molecule has 0 atom stereocenters. The van der Waals surface area contributed by atoms with Gasteiger partial charge < -0.3 is 20.1 Å². The standard InChI is InChI=1S/C17H30O7.3Na.3H/c1-2-3-4-5-6-7-8-9-10-11-12-17(15(20)21,16(22)23)24-13-14(18)19;;;;;;/h2-13H2,1H3,(H,18,19)(H,20,21)(H,22,23);;;;;;. The normalized spacial score (nSPS) is 10.1. The molecule has 10 heteroatoms. The van der Waals surface area contributed by atoms with Crippen LogP contribution in [0.15, 0.2) is 0 Å². The molecule has 0 fully saturated rings. The second-order valence-corrected chi connectivity index (χ2v) is 6.05. The zero-order valence-electron chi connectivity index (χ0n) is 14.5. The summed E-state index contributed by atoms with van der Waals surface area (Å²) in [5.41, 5.74) is -2.47. The van der Waals surface area contributed by atoms with Gasteiger partial charge in [-0.2, -0.15) is 0 Å². The Balaban J connectivity index is -0.000000882. The van der Waals surface area contributed by atoms with E-state index in [1.807, 2.05) is 0 Å². The number of carboxylic acids is 3. The molecule has 0 bridgehead atoms. The van der Waals surface area contributed by atoms with E-state index in [4.69, 9.17) is 20.1 Å². The van der Waals surface area contributed by atoms with Crippen LogP contribution in [0.25, 0.3) is 0 Å². The molecular formula is C17H33Na3O7. The Morgan fingerprint density at radius 1 is 0.704 bits per heavy atom. The van der Waals surface area contributed by atoms with Gasteiger partial charge in [-0.25, -0.2) is 14.4 Å². The zero-order valence-corrected chi connectivity index (χ0v) is 14.5. The molecule has 0 saturated carbocycles. The van der Waals surface area contributed by atoms with Crippen LogP contribution in [0.4, 0.5) is 0 Å². The van der Waals surface area contributed by atoms with E-state index in [0.717, 1.165) is 19.3 Å². The molecule has 146 valence electrons. The van der Waals surface area contributed by atoms with Crippen LogP contribution in [0.1, 0.15) is 77.6 Å². The number of hydrogen-bond donors (Lipinski definition) is 3. The van der Waals surface area contributed by atoms with Crippen LogP contribution in [0.3, 0.4) is 0 Å². The summed E-state index contributed by atoms with van der Waals surface area (Å²) >= 11 is 0. The van der Waals surface area contributed by atoms with E-state index in [0.29, 0.717) is 12.8 Å². The number of hydrogen-bond acceptors (Lipinski definition) is 4. The van der Waals surface area contributed by atoms with E-state index in [1.54, 1.807) is 0 Å². The van der Waals surface area contributed by atoms with Gasteiger partial charge in [0.05, 0.1) is 0 Å². The second kappa shape index (κ2) is 22.1. The molecule has 0 aromatic heterocycles. The van der Waals surface area contributed by atoms with Crippen LogP contribution in [-0.4, -0.2) is 134 Å². The van der Waals surface area contributed by atoms with Crippen molar-refractivity contribution >= 4 is 107 Å². The third-order valence-corrected chi connectivity index (χ3v) is 4.02. The van der Waals surface area contributed by atoms with Crippen molar-refractivity contribution in [1.82, 2.24) is 0 Å². The summed E-state index contributed by atoms with van der Waals surface area (Å²) < 4.78 is 4.70. The van der Waals surface area contributed by atoms with E-state index in [1.165, 1.54) is 32.1 Å². The molecule has 0 unspecified atom stereocenters. The molecule has 27 heavy (non-hydrogen) atoms. The molecule has 0 aliphatic heterocycles. The quantitative estimate of drug-likeness (QED) is 0.197. The van der Waals surface area contributed by atoms with Crippen LogP contribution < -0.4 is 0 Å². The maximum atomic E-state index is 11.3. The first-order chi connectivity index (χ1) is 11.4. The fourth-order valence-electron chi connectivity index (χ4n) is 2.55. The van der Waals surface area contributed by atoms with Gasteiger partial charge in [0, 0.05) is 0 Å². The summed E-state index contributed by atoms with van der Waals surface area (Å²) in [7, 11) is 0. The van der Waals surface area contributed by atoms with Crippen molar-refractivity contribution in [2.45, 2.75) is 83.2 Å². The van der Waals surface area contributed by atoms with Crippen molar-refractivity contribution < 1.29 is 34.4 Å². The molecule has 0 radical (unpaired) electrons. The Morgan fingerprint density at radius 3 is 1.41 bits per heavy atom. The molecule has 0 aliphatic carbocycles. The number of carboxylic acid groups (broad SMARTS) is 3. The summed E-state index contributed by atoms with van der Waals surface area (Å²) in [5.74, 6) is -4.72. The van der Waals surface area contributed by atoms with Gasteiger partial charge in [0.25, 0.3) is 5.60 Å². The molecule has 0 heterocycles. The molecule has 0 amide bonds. The predicted molar refractivity (Wildman–Crippen MR) is 109 cm³/mol. The minimum absolute atomic E-state index is 0. The van der Waals surface area contributed by atoms with Crippen LogP contribution in [0, 0.1) is 0 Å². The Labute approximate surface area is 228 Å². The van der Waals surface area contributed by atoms with Gasteiger partial charge in [0.2, 0.25) is 0 Å².